The molecule has 4 nitrogen and oxygen atoms in total. The average Bonchev–Trinajstić information content (AvgIpc) is 2.83. The van der Waals surface area contributed by atoms with Gasteiger partial charge in [-0.05, 0) is 12.2 Å². The van der Waals surface area contributed by atoms with Crippen molar-refractivity contribution >= 4 is 23.7 Å². The fraction of sp³-hybridized carbons (Fsp3) is 0.900. The minimum Gasteiger partial charge on any atom is -0.390 e. The number of hydrogen-bond acceptors (Lipinski definition) is 5. The molecule has 1 rings (SSSR count). The fourth-order valence-corrected chi connectivity index (χ4v) is 4.20. The zero-order valence-electron chi connectivity index (χ0n) is 15.9. The monoisotopic (exact) mass is 372 g/mol. The maximum absolute atomic E-state index is 11.4. The van der Waals surface area contributed by atoms with E-state index in [2.05, 4.69) is 11.7 Å². The molecule has 0 aromatic heterocycles. The Bertz CT molecular complexity index is 386. The van der Waals surface area contributed by atoms with Crippen LogP contribution in [0.2, 0.25) is 0 Å². The highest BCUT2D eigenvalue weighted by Crippen LogP contribution is 2.33. The molecule has 1 heterocycles. The highest BCUT2D eigenvalue weighted by molar-refractivity contribution is 8.01. The molecule has 0 bridgehead atoms. The topological polar surface area (TPSA) is 63.6 Å². The largest absolute Gasteiger partial charge is 0.390 e. The van der Waals surface area contributed by atoms with Crippen LogP contribution in [-0.2, 0) is 14.3 Å². The summed E-state index contributed by atoms with van der Waals surface area (Å²) in [6.45, 7) is 2.26. The molecule has 0 aromatic rings. The van der Waals surface area contributed by atoms with Crippen molar-refractivity contribution in [2.45, 2.75) is 108 Å². The van der Waals surface area contributed by atoms with Crippen molar-refractivity contribution in [2.24, 2.45) is 0 Å². The molecule has 25 heavy (non-hydrogen) atoms. The van der Waals surface area contributed by atoms with E-state index in [9.17, 15) is 14.7 Å². The Labute approximate surface area is 157 Å². The maximum Gasteiger partial charge on any atom is 0.357 e. The summed E-state index contributed by atoms with van der Waals surface area (Å²) in [5.74, 6) is -0.731. The van der Waals surface area contributed by atoms with Crippen molar-refractivity contribution in [2.75, 3.05) is 5.75 Å². The van der Waals surface area contributed by atoms with Gasteiger partial charge < -0.3 is 9.84 Å². The second-order valence-corrected chi connectivity index (χ2v) is 8.54. The van der Waals surface area contributed by atoms with E-state index in [1.54, 1.807) is 0 Å². The number of aliphatic hydroxyl groups is 1. The third kappa shape index (κ3) is 10.2. The molecule has 0 saturated carbocycles. The van der Waals surface area contributed by atoms with E-state index in [4.69, 9.17) is 0 Å². The minimum absolute atomic E-state index is 0.213. The predicted octanol–water partition coefficient (Wildman–Crippen LogP) is 5.36. The van der Waals surface area contributed by atoms with Gasteiger partial charge in [-0.3, -0.25) is 4.79 Å². The highest BCUT2D eigenvalue weighted by atomic mass is 32.2. The van der Waals surface area contributed by atoms with Crippen LogP contribution in [0.1, 0.15) is 103 Å². The number of hydrogen-bond donors (Lipinski definition) is 1. The number of carbonyl (C=O) groups is 2. The Balaban J connectivity index is 1.80. The summed E-state index contributed by atoms with van der Waals surface area (Å²) in [6, 6.07) is 0. The molecule has 1 aliphatic rings. The van der Waals surface area contributed by atoms with E-state index in [1.807, 2.05) is 0 Å². The first-order chi connectivity index (χ1) is 12.1. The van der Waals surface area contributed by atoms with Gasteiger partial charge >= 0.3 is 11.9 Å². The van der Waals surface area contributed by atoms with Gasteiger partial charge in [-0.15, -0.1) is 11.8 Å². The van der Waals surface area contributed by atoms with Crippen molar-refractivity contribution in [3.8, 4) is 0 Å². The number of thioether (sulfide) groups is 1. The van der Waals surface area contributed by atoms with Gasteiger partial charge in [-0.1, -0.05) is 90.4 Å². The van der Waals surface area contributed by atoms with Crippen molar-refractivity contribution in [1.29, 1.82) is 0 Å². The minimum atomic E-state index is -1.63. The van der Waals surface area contributed by atoms with Crippen LogP contribution < -0.4 is 0 Å². The van der Waals surface area contributed by atoms with Gasteiger partial charge in [-0.2, -0.15) is 0 Å². The number of cyclic esters (lactones) is 2. The van der Waals surface area contributed by atoms with Gasteiger partial charge in [-0.25, -0.2) is 4.79 Å². The van der Waals surface area contributed by atoms with E-state index in [0.29, 0.717) is 5.75 Å². The first-order valence-corrected chi connectivity index (χ1v) is 11.2. The molecule has 0 aromatic carbocycles. The lowest BCUT2D eigenvalue weighted by Gasteiger charge is -2.15. The van der Waals surface area contributed by atoms with Crippen LogP contribution in [0, 0.1) is 0 Å². The lowest BCUT2D eigenvalue weighted by Crippen LogP contribution is -2.30. The van der Waals surface area contributed by atoms with Crippen LogP contribution in [0.15, 0.2) is 0 Å². The molecule has 0 aliphatic carbocycles. The van der Waals surface area contributed by atoms with Gasteiger partial charge in [0.1, 0.15) is 0 Å². The molecule has 146 valence electrons. The SMILES string of the molecule is CCCCCCCCCCCCCCCCSC1(O)CC(=O)OC1=O. The average molecular weight is 373 g/mol. The maximum atomic E-state index is 11.4. The Kier molecular flexibility index (Phi) is 12.3. The normalized spacial score (nSPS) is 20.2. The smallest absolute Gasteiger partial charge is 0.357 e. The van der Waals surface area contributed by atoms with Crippen molar-refractivity contribution < 1.29 is 19.4 Å². The molecule has 1 N–H and O–H groups in total. The first kappa shape index (κ1) is 22.5. The van der Waals surface area contributed by atoms with Crippen molar-refractivity contribution in [3.05, 3.63) is 0 Å². The molecular weight excluding hydrogens is 336 g/mol. The van der Waals surface area contributed by atoms with Crippen molar-refractivity contribution in [3.63, 3.8) is 0 Å². The van der Waals surface area contributed by atoms with Crippen LogP contribution in [0.25, 0.3) is 0 Å². The van der Waals surface area contributed by atoms with E-state index in [0.717, 1.165) is 24.6 Å². The third-order valence-corrected chi connectivity index (χ3v) is 6.03. The number of ether oxygens (including phenoxy) is 1. The quantitative estimate of drug-likeness (QED) is 0.171. The molecule has 1 unspecified atom stereocenters. The molecule has 5 heteroatoms. The molecule has 1 atom stereocenters. The van der Waals surface area contributed by atoms with Crippen LogP contribution in [0.4, 0.5) is 0 Å². The summed E-state index contributed by atoms with van der Waals surface area (Å²) in [4.78, 5) is 20.8. The third-order valence-electron chi connectivity index (χ3n) is 4.75. The second kappa shape index (κ2) is 13.6. The highest BCUT2D eigenvalue weighted by Gasteiger charge is 2.48. The molecular formula is C20H36O4S. The van der Waals surface area contributed by atoms with E-state index < -0.39 is 16.9 Å². The summed E-state index contributed by atoms with van der Waals surface area (Å²) in [7, 11) is 0. The zero-order valence-corrected chi connectivity index (χ0v) is 16.7. The summed E-state index contributed by atoms with van der Waals surface area (Å²) in [5, 5.41) is 10.0. The molecule has 1 fully saturated rings. The molecule has 1 aliphatic heterocycles. The Morgan fingerprint density at radius 2 is 1.28 bits per heavy atom. The van der Waals surface area contributed by atoms with E-state index >= 15 is 0 Å². The number of unbranched alkanes of at least 4 members (excludes halogenated alkanes) is 13. The summed E-state index contributed by atoms with van der Waals surface area (Å²) in [6.07, 6.45) is 18.1. The summed E-state index contributed by atoms with van der Waals surface area (Å²) < 4.78 is 4.40. The van der Waals surface area contributed by atoms with E-state index in [1.165, 1.54) is 77.0 Å². The molecule has 0 amide bonds. The van der Waals surface area contributed by atoms with Crippen LogP contribution in [0.3, 0.4) is 0 Å². The van der Waals surface area contributed by atoms with Crippen molar-refractivity contribution in [1.82, 2.24) is 0 Å². The van der Waals surface area contributed by atoms with E-state index in [-0.39, 0.29) is 6.42 Å². The molecule has 0 spiro atoms. The number of esters is 2. The van der Waals surface area contributed by atoms with Crippen LogP contribution in [-0.4, -0.2) is 27.7 Å². The molecule has 1 saturated heterocycles. The van der Waals surface area contributed by atoms with Crippen LogP contribution in [0.5, 0.6) is 0 Å². The standard InChI is InChI=1S/C20H36O4S/c1-2-3-4-5-6-7-8-9-10-11-12-13-14-15-16-25-20(23)17-18(21)24-19(20)22/h23H,2-17H2,1H3. The van der Waals surface area contributed by atoms with Gasteiger partial charge in [0.2, 0.25) is 4.93 Å². The second-order valence-electron chi connectivity index (χ2n) is 7.17. The Morgan fingerprint density at radius 3 is 1.68 bits per heavy atom. The zero-order chi connectivity index (χ0) is 18.4. The molecule has 0 radical (unpaired) electrons. The fourth-order valence-electron chi connectivity index (χ4n) is 3.13. The lowest BCUT2D eigenvalue weighted by molar-refractivity contribution is -0.155. The number of rotatable bonds is 16. The predicted molar refractivity (Wildman–Crippen MR) is 103 cm³/mol. The Morgan fingerprint density at radius 1 is 0.840 bits per heavy atom. The van der Waals surface area contributed by atoms with Gasteiger partial charge in [0.05, 0.1) is 6.42 Å². The van der Waals surface area contributed by atoms with Crippen LogP contribution >= 0.6 is 11.8 Å². The number of carbonyl (C=O) groups excluding carboxylic acids is 2. The lowest BCUT2D eigenvalue weighted by atomic mass is 10.0. The van der Waals surface area contributed by atoms with Gasteiger partial charge in [0, 0.05) is 0 Å². The Hall–Kier alpha value is -0.550. The van der Waals surface area contributed by atoms with Gasteiger partial charge in [0.15, 0.2) is 0 Å². The first-order valence-electron chi connectivity index (χ1n) is 10.2. The summed E-state index contributed by atoms with van der Waals surface area (Å²) in [5.41, 5.74) is 0. The summed E-state index contributed by atoms with van der Waals surface area (Å²) >= 11 is 1.14. The van der Waals surface area contributed by atoms with Gasteiger partial charge in [0.25, 0.3) is 0 Å².